The van der Waals surface area contributed by atoms with Gasteiger partial charge in [0.15, 0.2) is 5.96 Å². The molecule has 2 heterocycles. The minimum Gasteiger partial charge on any atom is -0.475 e. The van der Waals surface area contributed by atoms with E-state index in [0.29, 0.717) is 25.6 Å². The van der Waals surface area contributed by atoms with Crippen molar-refractivity contribution in [2.75, 3.05) is 44.9 Å². The second-order valence-corrected chi connectivity index (χ2v) is 7.66. The Morgan fingerprint density at radius 1 is 1.19 bits per heavy atom. The molecule has 1 saturated heterocycles. The van der Waals surface area contributed by atoms with Crippen LogP contribution in [0.5, 0.6) is 5.88 Å². The van der Waals surface area contributed by atoms with Crippen molar-refractivity contribution in [2.24, 2.45) is 4.99 Å². The normalized spacial score (nSPS) is 14.6. The highest BCUT2D eigenvalue weighted by Crippen LogP contribution is 2.24. The number of ether oxygens (including phenoxy) is 2. The van der Waals surface area contributed by atoms with E-state index < -0.39 is 0 Å². The van der Waals surface area contributed by atoms with Gasteiger partial charge in [-0.15, -0.1) is 24.0 Å². The summed E-state index contributed by atoms with van der Waals surface area (Å²) < 4.78 is 10.8. The first-order valence-electron chi connectivity index (χ1n) is 11.2. The molecule has 2 aromatic rings. The second kappa shape index (κ2) is 14.2. The molecular formula is C24H36IN5O2. The van der Waals surface area contributed by atoms with Crippen molar-refractivity contribution in [1.29, 1.82) is 0 Å². The highest BCUT2D eigenvalue weighted by Gasteiger charge is 2.14. The van der Waals surface area contributed by atoms with Gasteiger partial charge in [-0.2, -0.15) is 0 Å². The lowest BCUT2D eigenvalue weighted by Crippen LogP contribution is -2.38. The molecule has 1 aromatic carbocycles. The van der Waals surface area contributed by atoms with Gasteiger partial charge in [0.25, 0.3) is 0 Å². The summed E-state index contributed by atoms with van der Waals surface area (Å²) in [5, 5.41) is 6.88. The number of benzene rings is 1. The van der Waals surface area contributed by atoms with Crippen LogP contribution in [0.2, 0.25) is 0 Å². The smallest absolute Gasteiger partial charge is 0.218 e. The molecule has 0 spiro atoms. The van der Waals surface area contributed by atoms with Crippen molar-refractivity contribution in [3.63, 3.8) is 0 Å². The monoisotopic (exact) mass is 553 g/mol. The average Bonchev–Trinajstić information content (AvgIpc) is 3.34. The summed E-state index contributed by atoms with van der Waals surface area (Å²) in [5.41, 5.74) is 3.50. The molecule has 1 fully saturated rings. The summed E-state index contributed by atoms with van der Waals surface area (Å²) in [6, 6.07) is 12.8. The van der Waals surface area contributed by atoms with Gasteiger partial charge in [0.2, 0.25) is 5.88 Å². The topological polar surface area (TPSA) is 71.0 Å². The summed E-state index contributed by atoms with van der Waals surface area (Å²) in [5.74, 6) is 1.37. The number of guanidine groups is 1. The van der Waals surface area contributed by atoms with E-state index in [0.717, 1.165) is 31.2 Å². The maximum absolute atomic E-state index is 5.73. The fourth-order valence-electron chi connectivity index (χ4n) is 3.63. The van der Waals surface area contributed by atoms with E-state index in [2.05, 4.69) is 58.6 Å². The number of halogens is 1. The van der Waals surface area contributed by atoms with E-state index in [1.54, 1.807) is 13.3 Å². The van der Waals surface area contributed by atoms with Gasteiger partial charge < -0.3 is 25.0 Å². The lowest BCUT2D eigenvalue weighted by molar-refractivity contribution is 0.143. The predicted octanol–water partition coefficient (Wildman–Crippen LogP) is 4.14. The fraction of sp³-hybridized carbons (Fsp3) is 0.500. The standard InChI is InChI=1S/C24H35N5O2.HI/c1-4-25-24(27-18-21-10-8-12-26-23(21)31-16-15-30-3)28-19(2)20-9-7-11-22(17-20)29-13-5-6-14-29;/h7-12,17,19H,4-6,13-16,18H2,1-3H3,(H2,25,27,28);1H. The molecule has 0 saturated carbocycles. The van der Waals surface area contributed by atoms with Crippen molar-refractivity contribution in [3.05, 3.63) is 53.7 Å². The Balaban J connectivity index is 0.00000363. The zero-order valence-corrected chi connectivity index (χ0v) is 21.7. The van der Waals surface area contributed by atoms with Crippen molar-refractivity contribution < 1.29 is 9.47 Å². The number of aliphatic imine (C=N–C) groups is 1. The van der Waals surface area contributed by atoms with Crippen molar-refractivity contribution in [1.82, 2.24) is 15.6 Å². The highest BCUT2D eigenvalue weighted by molar-refractivity contribution is 14.0. The number of rotatable bonds is 10. The molecule has 1 aliphatic heterocycles. The first-order valence-corrected chi connectivity index (χ1v) is 11.2. The molecule has 0 bridgehead atoms. The Morgan fingerprint density at radius 2 is 2.00 bits per heavy atom. The maximum Gasteiger partial charge on any atom is 0.218 e. The van der Waals surface area contributed by atoms with Crippen LogP contribution in [0, 0.1) is 0 Å². The zero-order chi connectivity index (χ0) is 21.9. The minimum atomic E-state index is 0. The molecule has 1 unspecified atom stereocenters. The number of methoxy groups -OCH3 is 1. The molecule has 3 rings (SSSR count). The summed E-state index contributed by atoms with van der Waals surface area (Å²) in [6.07, 6.45) is 4.29. The van der Waals surface area contributed by atoms with Gasteiger partial charge >= 0.3 is 0 Å². The number of hydrogen-bond donors (Lipinski definition) is 2. The average molecular weight is 553 g/mol. The zero-order valence-electron chi connectivity index (χ0n) is 19.3. The van der Waals surface area contributed by atoms with Gasteiger partial charge in [-0.05, 0) is 50.5 Å². The van der Waals surface area contributed by atoms with Gasteiger partial charge in [0, 0.05) is 44.2 Å². The Labute approximate surface area is 209 Å². The molecule has 32 heavy (non-hydrogen) atoms. The largest absolute Gasteiger partial charge is 0.475 e. The lowest BCUT2D eigenvalue weighted by atomic mass is 10.1. The van der Waals surface area contributed by atoms with E-state index in [1.807, 2.05) is 12.1 Å². The summed E-state index contributed by atoms with van der Waals surface area (Å²) in [6.45, 7) is 8.79. The van der Waals surface area contributed by atoms with Gasteiger partial charge in [-0.3, -0.25) is 0 Å². The van der Waals surface area contributed by atoms with Crippen LogP contribution in [0.1, 0.15) is 43.9 Å². The molecule has 0 amide bonds. The van der Waals surface area contributed by atoms with Gasteiger partial charge in [0.1, 0.15) is 6.61 Å². The minimum absolute atomic E-state index is 0. The first-order chi connectivity index (χ1) is 15.2. The third kappa shape index (κ3) is 7.81. The van der Waals surface area contributed by atoms with Crippen LogP contribution < -0.4 is 20.3 Å². The van der Waals surface area contributed by atoms with E-state index in [-0.39, 0.29) is 30.0 Å². The van der Waals surface area contributed by atoms with Crippen LogP contribution in [-0.2, 0) is 11.3 Å². The van der Waals surface area contributed by atoms with Crippen LogP contribution in [0.4, 0.5) is 5.69 Å². The van der Waals surface area contributed by atoms with Crippen LogP contribution in [-0.4, -0.2) is 50.9 Å². The van der Waals surface area contributed by atoms with Gasteiger partial charge in [0.05, 0.1) is 19.2 Å². The molecule has 7 nitrogen and oxygen atoms in total. The molecule has 1 aromatic heterocycles. The number of nitrogens with zero attached hydrogens (tertiary/aromatic N) is 3. The first kappa shape index (κ1) is 26.2. The van der Waals surface area contributed by atoms with Crippen LogP contribution >= 0.6 is 24.0 Å². The van der Waals surface area contributed by atoms with Crippen LogP contribution in [0.15, 0.2) is 47.6 Å². The fourth-order valence-corrected chi connectivity index (χ4v) is 3.63. The number of anilines is 1. The third-order valence-corrected chi connectivity index (χ3v) is 5.32. The summed E-state index contributed by atoms with van der Waals surface area (Å²) >= 11 is 0. The molecule has 8 heteroatoms. The van der Waals surface area contributed by atoms with E-state index >= 15 is 0 Å². The number of aromatic nitrogens is 1. The number of nitrogens with one attached hydrogen (secondary N) is 2. The molecule has 176 valence electrons. The highest BCUT2D eigenvalue weighted by atomic mass is 127. The Morgan fingerprint density at radius 3 is 2.75 bits per heavy atom. The molecule has 0 radical (unpaired) electrons. The Bertz CT molecular complexity index is 843. The van der Waals surface area contributed by atoms with Gasteiger partial charge in [-0.25, -0.2) is 9.98 Å². The third-order valence-electron chi connectivity index (χ3n) is 5.32. The van der Waals surface area contributed by atoms with Crippen molar-refractivity contribution >= 4 is 35.6 Å². The SMILES string of the molecule is CCNC(=NCc1cccnc1OCCOC)NC(C)c1cccc(N2CCCC2)c1.I. The Hall–Kier alpha value is -2.07. The molecular weight excluding hydrogens is 517 g/mol. The molecule has 0 aliphatic carbocycles. The van der Waals surface area contributed by atoms with Crippen molar-refractivity contribution in [2.45, 2.75) is 39.3 Å². The summed E-state index contributed by atoms with van der Waals surface area (Å²) in [4.78, 5) is 11.6. The van der Waals surface area contributed by atoms with Crippen LogP contribution in [0.3, 0.4) is 0 Å². The van der Waals surface area contributed by atoms with Gasteiger partial charge in [-0.1, -0.05) is 18.2 Å². The quantitative estimate of drug-likeness (QED) is 0.200. The molecule has 1 atom stereocenters. The van der Waals surface area contributed by atoms with E-state index in [4.69, 9.17) is 14.5 Å². The predicted molar refractivity (Wildman–Crippen MR) is 141 cm³/mol. The molecule has 2 N–H and O–H groups in total. The van der Waals surface area contributed by atoms with Crippen molar-refractivity contribution in [3.8, 4) is 5.88 Å². The lowest BCUT2D eigenvalue weighted by Gasteiger charge is -2.22. The number of hydrogen-bond acceptors (Lipinski definition) is 5. The Kier molecular flexibility index (Phi) is 11.6. The van der Waals surface area contributed by atoms with E-state index in [9.17, 15) is 0 Å². The molecule has 1 aliphatic rings. The second-order valence-electron chi connectivity index (χ2n) is 7.66. The van der Waals surface area contributed by atoms with Crippen LogP contribution in [0.25, 0.3) is 0 Å². The number of pyridine rings is 1. The van der Waals surface area contributed by atoms with E-state index in [1.165, 1.54) is 24.1 Å². The summed E-state index contributed by atoms with van der Waals surface area (Å²) in [7, 11) is 1.66. The maximum atomic E-state index is 5.73.